The van der Waals surface area contributed by atoms with Crippen LogP contribution in [0.3, 0.4) is 0 Å². The number of fused-ring (bicyclic) bond motifs is 1. The van der Waals surface area contributed by atoms with Crippen LogP contribution in [0.4, 0.5) is 8.78 Å². The highest BCUT2D eigenvalue weighted by molar-refractivity contribution is 5.94. The summed E-state index contributed by atoms with van der Waals surface area (Å²) in [6.07, 6.45) is 5.49. The number of halogens is 2. The molecule has 3 aromatic rings. The van der Waals surface area contributed by atoms with E-state index in [0.29, 0.717) is 28.8 Å². The largest absolute Gasteiger partial charge is 0.504 e. The molecule has 0 radical (unpaired) electrons. The molecule has 7 heteroatoms. The lowest BCUT2D eigenvalue weighted by molar-refractivity contribution is 0.378. The van der Waals surface area contributed by atoms with Gasteiger partial charge in [0.15, 0.2) is 17.3 Å². The molecule has 1 heterocycles. The molecular formula is C27H35F2N3O2. The molecule has 0 saturated carbocycles. The number of aromatic nitrogens is 1. The molecule has 2 aromatic carbocycles. The first-order chi connectivity index (χ1) is 16.1. The first kappa shape index (κ1) is 26.9. The number of nitrogens with two attached hydrogens (primary N) is 1. The number of H-pyrrole nitrogens is 1. The summed E-state index contributed by atoms with van der Waals surface area (Å²) < 4.78 is 29.1. The number of aromatic hydroxyl groups is 2. The van der Waals surface area contributed by atoms with Crippen molar-refractivity contribution < 1.29 is 19.0 Å². The number of hydrogen-bond acceptors (Lipinski definition) is 4. The van der Waals surface area contributed by atoms with Crippen molar-refractivity contribution in [2.45, 2.75) is 40.0 Å². The van der Waals surface area contributed by atoms with Crippen LogP contribution < -0.4 is 11.1 Å². The van der Waals surface area contributed by atoms with Crippen LogP contribution in [0, 0.1) is 38.3 Å². The van der Waals surface area contributed by atoms with Crippen molar-refractivity contribution in [2.24, 2.45) is 11.7 Å². The molecule has 0 spiro atoms. The number of benzene rings is 2. The van der Waals surface area contributed by atoms with Crippen molar-refractivity contribution >= 4 is 10.9 Å². The van der Waals surface area contributed by atoms with E-state index in [0.717, 1.165) is 35.9 Å². The van der Waals surface area contributed by atoms with Crippen LogP contribution in [0.1, 0.15) is 35.1 Å². The highest BCUT2D eigenvalue weighted by Gasteiger charge is 2.25. The smallest absolute Gasteiger partial charge is 0.195 e. The van der Waals surface area contributed by atoms with Crippen LogP contribution in [0.25, 0.3) is 22.2 Å². The fourth-order valence-corrected chi connectivity index (χ4v) is 4.19. The lowest BCUT2D eigenvalue weighted by Crippen LogP contribution is -2.12. The molecule has 0 saturated heterocycles. The molecule has 0 aliphatic heterocycles. The van der Waals surface area contributed by atoms with Crippen molar-refractivity contribution in [3.8, 4) is 22.8 Å². The maximum atomic E-state index is 14.8. The summed E-state index contributed by atoms with van der Waals surface area (Å²) in [5, 5.41) is 24.6. The summed E-state index contributed by atoms with van der Waals surface area (Å²) in [6, 6.07) is 3.36. The average molecular weight is 472 g/mol. The van der Waals surface area contributed by atoms with E-state index >= 15 is 0 Å². The van der Waals surface area contributed by atoms with Crippen LogP contribution in [-0.2, 0) is 6.42 Å². The number of hydrogen-bond donors (Lipinski definition) is 5. The number of phenols is 2. The van der Waals surface area contributed by atoms with E-state index in [9.17, 15) is 19.0 Å². The van der Waals surface area contributed by atoms with Gasteiger partial charge in [0.2, 0.25) is 0 Å². The van der Waals surface area contributed by atoms with Crippen LogP contribution in [0.15, 0.2) is 37.6 Å². The Bertz CT molecular complexity index is 1160. The Morgan fingerprint density at radius 3 is 2.32 bits per heavy atom. The van der Waals surface area contributed by atoms with E-state index < -0.39 is 23.1 Å². The van der Waals surface area contributed by atoms with Gasteiger partial charge in [-0.15, -0.1) is 6.58 Å². The molecule has 0 aliphatic carbocycles. The van der Waals surface area contributed by atoms with E-state index in [1.165, 1.54) is 12.3 Å². The van der Waals surface area contributed by atoms with Crippen molar-refractivity contribution in [1.29, 1.82) is 0 Å². The van der Waals surface area contributed by atoms with E-state index in [1.54, 1.807) is 13.8 Å². The third kappa shape index (κ3) is 5.42. The molecule has 5 nitrogen and oxygen atoms in total. The van der Waals surface area contributed by atoms with Gasteiger partial charge in [0, 0.05) is 10.9 Å². The fourth-order valence-electron chi connectivity index (χ4n) is 4.19. The van der Waals surface area contributed by atoms with Gasteiger partial charge in [-0.3, -0.25) is 0 Å². The molecule has 184 valence electrons. The van der Waals surface area contributed by atoms with Gasteiger partial charge in [-0.2, -0.15) is 0 Å². The second-order valence-corrected chi connectivity index (χ2v) is 8.45. The Morgan fingerprint density at radius 2 is 1.74 bits per heavy atom. The molecule has 6 N–H and O–H groups in total. The highest BCUT2D eigenvalue weighted by atomic mass is 19.1. The van der Waals surface area contributed by atoms with Crippen molar-refractivity contribution in [3.63, 3.8) is 0 Å². The molecule has 0 aliphatic rings. The zero-order valence-electron chi connectivity index (χ0n) is 20.4. The van der Waals surface area contributed by atoms with E-state index in [2.05, 4.69) is 29.2 Å². The van der Waals surface area contributed by atoms with E-state index in [1.807, 2.05) is 26.1 Å². The van der Waals surface area contributed by atoms with Gasteiger partial charge in [0.1, 0.15) is 5.82 Å². The van der Waals surface area contributed by atoms with Crippen molar-refractivity contribution in [2.75, 3.05) is 13.6 Å². The summed E-state index contributed by atoms with van der Waals surface area (Å²) in [4.78, 5) is 3.11. The molecule has 0 bridgehead atoms. The van der Waals surface area contributed by atoms with E-state index in [4.69, 9.17) is 0 Å². The van der Waals surface area contributed by atoms with Gasteiger partial charge >= 0.3 is 0 Å². The Morgan fingerprint density at radius 1 is 1.09 bits per heavy atom. The fraction of sp³-hybridized carbons (Fsp3) is 0.333. The third-order valence-electron chi connectivity index (χ3n) is 6.16. The van der Waals surface area contributed by atoms with Crippen LogP contribution >= 0.6 is 0 Å². The summed E-state index contributed by atoms with van der Waals surface area (Å²) in [5.41, 5.74) is 8.09. The minimum absolute atomic E-state index is 0.240. The zero-order valence-corrected chi connectivity index (χ0v) is 20.4. The zero-order chi connectivity index (χ0) is 25.6. The lowest BCUT2D eigenvalue weighted by atomic mass is 9.91. The average Bonchev–Trinajstić information content (AvgIpc) is 3.15. The molecule has 1 atom stereocenters. The highest BCUT2D eigenvalue weighted by Crippen LogP contribution is 2.45. The number of allylic oxidation sites excluding steroid dienone is 1. The van der Waals surface area contributed by atoms with Gasteiger partial charge in [0.25, 0.3) is 0 Å². The van der Waals surface area contributed by atoms with Crippen molar-refractivity contribution in [3.05, 3.63) is 71.5 Å². The molecular weight excluding hydrogens is 436 g/mol. The predicted octanol–water partition coefficient (Wildman–Crippen LogP) is 5.88. The number of phenolic OH excluding ortho intramolecular Hbond substituents is 2. The first-order valence-electron chi connectivity index (χ1n) is 11.2. The summed E-state index contributed by atoms with van der Waals surface area (Å²) >= 11 is 0. The van der Waals surface area contributed by atoms with Gasteiger partial charge in [-0.05, 0) is 100 Å². The third-order valence-corrected chi connectivity index (χ3v) is 6.16. The minimum Gasteiger partial charge on any atom is -0.504 e. The Hall–Kier alpha value is -3.32. The summed E-state index contributed by atoms with van der Waals surface area (Å²) in [7, 11) is 1.90. The van der Waals surface area contributed by atoms with Crippen LogP contribution in [0.5, 0.6) is 11.5 Å². The Balaban J connectivity index is 0.00000129. The van der Waals surface area contributed by atoms with Gasteiger partial charge in [-0.25, -0.2) is 8.78 Å². The van der Waals surface area contributed by atoms with Crippen LogP contribution in [-0.4, -0.2) is 28.8 Å². The Kier molecular flexibility index (Phi) is 9.27. The second-order valence-electron chi connectivity index (χ2n) is 8.45. The molecule has 1 unspecified atom stereocenters. The SMILES string of the molecule is C=CC(CCNC)CCc1c(-c2c(C)c(C)c(F)c(O)c2O)[nH]c2c(F)cc(C)cc12.C=CN. The predicted molar refractivity (Wildman–Crippen MR) is 136 cm³/mol. The quantitative estimate of drug-likeness (QED) is 0.209. The number of aryl methyl sites for hydroxylation is 2. The Labute approximate surface area is 200 Å². The van der Waals surface area contributed by atoms with E-state index in [-0.39, 0.29) is 11.5 Å². The molecule has 1 aromatic heterocycles. The topological polar surface area (TPSA) is 94.3 Å². The maximum absolute atomic E-state index is 14.8. The minimum atomic E-state index is -0.850. The first-order valence-corrected chi connectivity index (χ1v) is 11.2. The van der Waals surface area contributed by atoms with Crippen molar-refractivity contribution in [1.82, 2.24) is 10.3 Å². The molecule has 0 fully saturated rings. The van der Waals surface area contributed by atoms with Gasteiger partial charge in [0.05, 0.1) is 11.2 Å². The number of rotatable bonds is 8. The second kappa shape index (κ2) is 11.7. The molecule has 34 heavy (non-hydrogen) atoms. The normalized spacial score (nSPS) is 11.7. The summed E-state index contributed by atoms with van der Waals surface area (Å²) in [5.74, 6) is -2.31. The monoisotopic (exact) mass is 471 g/mol. The molecule has 0 amide bonds. The summed E-state index contributed by atoms with van der Waals surface area (Å²) in [6.45, 7) is 13.0. The maximum Gasteiger partial charge on any atom is 0.195 e. The van der Waals surface area contributed by atoms with Gasteiger partial charge < -0.3 is 26.2 Å². The standard InChI is InChI=1S/C25H30F2N2O2.C2H5N/c1-6-16(9-10-28-5)7-8-17-18-11-13(2)12-19(26)22(18)29-23(17)20-14(3)15(4)21(27)25(31)24(20)30;1-2-3/h6,11-12,16,28-31H,1,7-10H2,2-5H3;2H,1,3H2. The number of aromatic amines is 1. The molecule has 3 rings (SSSR count). The van der Waals surface area contributed by atoms with Crippen LogP contribution in [0.2, 0.25) is 0 Å². The number of nitrogens with one attached hydrogen (secondary N) is 2. The lowest BCUT2D eigenvalue weighted by Gasteiger charge is -2.16. The van der Waals surface area contributed by atoms with Gasteiger partial charge in [-0.1, -0.05) is 12.7 Å².